The van der Waals surface area contributed by atoms with Crippen LogP contribution in [0.3, 0.4) is 0 Å². The Bertz CT molecular complexity index is 1410. The van der Waals surface area contributed by atoms with Gasteiger partial charge < -0.3 is 20.1 Å². The van der Waals surface area contributed by atoms with Gasteiger partial charge in [0.05, 0.1) is 12.2 Å². The fourth-order valence-corrected chi connectivity index (χ4v) is 5.88. The number of aromatic hydroxyl groups is 3. The molecule has 0 spiro atoms. The summed E-state index contributed by atoms with van der Waals surface area (Å²) in [4.78, 5) is 36.8. The molecule has 7 nitrogen and oxygen atoms in total. The van der Waals surface area contributed by atoms with Crippen LogP contribution in [0.4, 0.5) is 0 Å². The molecule has 0 saturated carbocycles. The molecule has 3 rings (SSSR count). The van der Waals surface area contributed by atoms with Gasteiger partial charge >= 0.3 is 5.97 Å². The van der Waals surface area contributed by atoms with E-state index in [9.17, 15) is 14.4 Å². The third-order valence-corrected chi connectivity index (χ3v) is 9.02. The van der Waals surface area contributed by atoms with Gasteiger partial charge in [0.2, 0.25) is 0 Å². The Morgan fingerprint density at radius 1 is 0.812 bits per heavy atom. The average Bonchev–Trinajstić information content (AvgIpc) is 3.05. The van der Waals surface area contributed by atoms with Crippen molar-refractivity contribution in [3.63, 3.8) is 0 Å². The molecule has 0 heterocycles. The van der Waals surface area contributed by atoms with Gasteiger partial charge in [-0.05, 0) is 69.4 Å². The number of carbonyl (C=O) groups is 3. The molecule has 0 aliphatic heterocycles. The molecule has 7 heteroatoms. The topological polar surface area (TPSA) is 121 Å². The first-order chi connectivity index (χ1) is 22.8. The van der Waals surface area contributed by atoms with E-state index in [0.717, 1.165) is 36.3 Å². The van der Waals surface area contributed by atoms with Gasteiger partial charge in [-0.1, -0.05) is 115 Å². The Kier molecular flexibility index (Phi) is 17.2. The molecule has 2 atom stereocenters. The summed E-state index contributed by atoms with van der Waals surface area (Å²) in [5.74, 6) is 0.0623. The number of phenolic OH excluding ortho intramolecular Hbond substituents is 3. The summed E-state index contributed by atoms with van der Waals surface area (Å²) in [5.41, 5.74) is 3.68. The Balaban J connectivity index is 0.000000444. The molecule has 2 unspecified atom stereocenters. The minimum Gasteiger partial charge on any atom is -0.504 e. The van der Waals surface area contributed by atoms with Crippen molar-refractivity contribution in [2.75, 3.05) is 6.61 Å². The number of benzene rings is 2. The lowest BCUT2D eigenvalue weighted by Gasteiger charge is -2.18. The van der Waals surface area contributed by atoms with Crippen LogP contribution in [-0.2, 0) is 4.74 Å². The number of carbonyl (C=O) groups excluding carboxylic acids is 3. The van der Waals surface area contributed by atoms with E-state index in [0.29, 0.717) is 35.1 Å². The molecule has 3 N–H and O–H groups in total. The zero-order valence-corrected chi connectivity index (χ0v) is 30.2. The van der Waals surface area contributed by atoms with Crippen molar-refractivity contribution < 1.29 is 34.4 Å². The highest BCUT2D eigenvalue weighted by Crippen LogP contribution is 2.35. The van der Waals surface area contributed by atoms with E-state index in [2.05, 4.69) is 40.7 Å². The number of ether oxygens (including phenoxy) is 1. The van der Waals surface area contributed by atoms with Crippen LogP contribution in [0.5, 0.6) is 17.2 Å². The molecule has 0 amide bonds. The fraction of sp³-hybridized carbons (Fsp3) is 0.537. The van der Waals surface area contributed by atoms with Crippen molar-refractivity contribution in [1.82, 2.24) is 0 Å². The van der Waals surface area contributed by atoms with Gasteiger partial charge in [0, 0.05) is 22.3 Å². The van der Waals surface area contributed by atoms with Crippen LogP contribution in [0.25, 0.3) is 0 Å². The minimum atomic E-state index is -0.651. The van der Waals surface area contributed by atoms with Gasteiger partial charge in [0.25, 0.3) is 0 Å². The number of Topliss-reactive ketones (excluding diaryl/α,β-unsaturated/α-hetero) is 2. The number of allylic oxidation sites excluding steroid dienone is 4. The molecule has 0 bridgehead atoms. The maximum Gasteiger partial charge on any atom is 0.338 e. The highest BCUT2D eigenvalue weighted by atomic mass is 16.5. The van der Waals surface area contributed by atoms with Crippen LogP contribution >= 0.6 is 0 Å². The second kappa shape index (κ2) is 20.5. The Hall–Kier alpha value is -3.87. The summed E-state index contributed by atoms with van der Waals surface area (Å²) in [6.45, 7) is 15.5. The molecule has 0 radical (unpaired) electrons. The summed E-state index contributed by atoms with van der Waals surface area (Å²) < 4.78 is 4.78. The van der Waals surface area contributed by atoms with Crippen molar-refractivity contribution in [2.45, 2.75) is 119 Å². The van der Waals surface area contributed by atoms with Gasteiger partial charge in [-0.2, -0.15) is 0 Å². The molecule has 0 fully saturated rings. The highest BCUT2D eigenvalue weighted by Gasteiger charge is 2.28. The van der Waals surface area contributed by atoms with Crippen LogP contribution in [0.2, 0.25) is 0 Å². The average molecular weight is 663 g/mol. The normalized spacial score (nSPS) is 14.4. The van der Waals surface area contributed by atoms with Crippen LogP contribution in [0, 0.1) is 17.8 Å². The van der Waals surface area contributed by atoms with Crippen LogP contribution in [0.15, 0.2) is 59.2 Å². The highest BCUT2D eigenvalue weighted by molar-refractivity contribution is 6.26. The van der Waals surface area contributed by atoms with E-state index in [1.165, 1.54) is 56.9 Å². The van der Waals surface area contributed by atoms with Gasteiger partial charge in [-0.15, -0.1) is 0 Å². The Morgan fingerprint density at radius 3 is 1.88 bits per heavy atom. The minimum absolute atomic E-state index is 0.00347. The van der Waals surface area contributed by atoms with E-state index in [1.54, 1.807) is 19.1 Å². The number of hydrogen-bond donors (Lipinski definition) is 3. The lowest BCUT2D eigenvalue weighted by molar-refractivity contribution is 0.0504. The monoisotopic (exact) mass is 662 g/mol. The van der Waals surface area contributed by atoms with E-state index in [4.69, 9.17) is 20.1 Å². The largest absolute Gasteiger partial charge is 0.504 e. The number of hydrogen-bond acceptors (Lipinski definition) is 7. The lowest BCUT2D eigenvalue weighted by atomic mass is 9.83. The van der Waals surface area contributed by atoms with Crippen molar-refractivity contribution >= 4 is 17.5 Å². The fourth-order valence-electron chi connectivity index (χ4n) is 5.88. The van der Waals surface area contributed by atoms with E-state index in [1.807, 2.05) is 19.1 Å². The summed E-state index contributed by atoms with van der Waals surface area (Å²) in [6.07, 6.45) is 15.1. The zero-order chi connectivity index (χ0) is 35.8. The SMILES string of the molecule is CC(=CCC1=C(C)C(=O)c2ccccc2C1=O)CCCC(C)CCCC(C)CCCC(C)C.CCCOC(=O)c1cc(O)c(O)c(O)c1. The van der Waals surface area contributed by atoms with Crippen molar-refractivity contribution in [3.8, 4) is 17.2 Å². The van der Waals surface area contributed by atoms with E-state index >= 15 is 0 Å². The second-order valence-corrected chi connectivity index (χ2v) is 13.9. The van der Waals surface area contributed by atoms with Crippen LogP contribution in [0.1, 0.15) is 150 Å². The lowest BCUT2D eigenvalue weighted by Crippen LogP contribution is -2.20. The maximum absolute atomic E-state index is 12.9. The number of phenols is 3. The number of ketones is 2. The first kappa shape index (κ1) is 40.3. The smallest absolute Gasteiger partial charge is 0.338 e. The van der Waals surface area contributed by atoms with Crippen molar-refractivity contribution in [1.29, 1.82) is 0 Å². The molecule has 48 heavy (non-hydrogen) atoms. The van der Waals surface area contributed by atoms with Gasteiger partial charge in [0.1, 0.15) is 0 Å². The number of rotatable bonds is 17. The van der Waals surface area contributed by atoms with Crippen molar-refractivity contribution in [3.05, 3.63) is 75.9 Å². The summed E-state index contributed by atoms with van der Waals surface area (Å²) >= 11 is 0. The Morgan fingerprint density at radius 2 is 1.33 bits per heavy atom. The number of fused-ring (bicyclic) bond motifs is 1. The summed E-state index contributed by atoms with van der Waals surface area (Å²) in [7, 11) is 0. The predicted octanol–water partition coefficient (Wildman–Crippen LogP) is 10.5. The van der Waals surface area contributed by atoms with Gasteiger partial charge in [-0.3, -0.25) is 9.59 Å². The molecule has 2 aromatic carbocycles. The third-order valence-electron chi connectivity index (χ3n) is 9.02. The Labute approximate surface area is 288 Å². The molecule has 0 saturated heterocycles. The second-order valence-electron chi connectivity index (χ2n) is 13.9. The first-order valence-corrected chi connectivity index (χ1v) is 17.7. The van der Waals surface area contributed by atoms with Crippen LogP contribution < -0.4 is 0 Å². The van der Waals surface area contributed by atoms with Gasteiger partial charge in [-0.25, -0.2) is 4.79 Å². The molecule has 1 aliphatic rings. The molecule has 0 aromatic heterocycles. The standard InChI is InChI=1S/C31H46O2.C10H12O5/c1-22(2)12-9-13-23(3)14-10-15-24(4)16-11-17-25(5)20-21-27-26(6)30(32)28-18-7-8-19-29(28)31(27)33;1-2-3-15-10(14)6-4-7(11)9(13)8(12)5-6/h7-8,18-20,22-24H,9-17,21H2,1-6H3;4-5,11-13H,2-3H2,1H3. The third kappa shape index (κ3) is 13.0. The zero-order valence-electron chi connectivity index (χ0n) is 30.2. The van der Waals surface area contributed by atoms with E-state index in [-0.39, 0.29) is 23.7 Å². The maximum atomic E-state index is 12.9. The molecular formula is C41H58O7. The summed E-state index contributed by atoms with van der Waals surface area (Å²) in [5, 5.41) is 27.3. The first-order valence-electron chi connectivity index (χ1n) is 17.7. The predicted molar refractivity (Wildman–Crippen MR) is 193 cm³/mol. The van der Waals surface area contributed by atoms with E-state index < -0.39 is 23.2 Å². The molecule has 1 aliphatic carbocycles. The quantitative estimate of drug-likeness (QED) is 0.0875. The summed E-state index contributed by atoms with van der Waals surface area (Å²) in [6, 6.07) is 9.25. The molecular weight excluding hydrogens is 604 g/mol. The van der Waals surface area contributed by atoms with Crippen molar-refractivity contribution in [2.24, 2.45) is 17.8 Å². The molecule has 264 valence electrons. The van der Waals surface area contributed by atoms with Gasteiger partial charge in [0.15, 0.2) is 28.8 Å². The van der Waals surface area contributed by atoms with Crippen LogP contribution in [-0.4, -0.2) is 39.5 Å². The molecule has 2 aromatic rings. The number of esters is 1.